The van der Waals surface area contributed by atoms with E-state index in [0.29, 0.717) is 6.04 Å². The van der Waals surface area contributed by atoms with Crippen molar-refractivity contribution in [1.82, 2.24) is 5.32 Å². The zero-order valence-corrected chi connectivity index (χ0v) is 11.3. The van der Waals surface area contributed by atoms with E-state index in [2.05, 4.69) is 38.3 Å². The highest BCUT2D eigenvalue weighted by Gasteiger charge is 2.27. The maximum Gasteiger partial charge on any atom is 0.124 e. The summed E-state index contributed by atoms with van der Waals surface area (Å²) in [5.41, 5.74) is 3.89. The van der Waals surface area contributed by atoms with Gasteiger partial charge in [0.1, 0.15) is 5.75 Å². The molecule has 0 aromatic heterocycles. The van der Waals surface area contributed by atoms with E-state index < -0.39 is 0 Å². The Kier molecular flexibility index (Phi) is 3.72. The molecule has 1 unspecified atom stereocenters. The van der Waals surface area contributed by atoms with Crippen LogP contribution in [0.3, 0.4) is 0 Å². The lowest BCUT2D eigenvalue weighted by Gasteiger charge is -2.34. The van der Waals surface area contributed by atoms with E-state index in [4.69, 9.17) is 4.74 Å². The smallest absolute Gasteiger partial charge is 0.124 e. The van der Waals surface area contributed by atoms with Crippen LogP contribution in [0.1, 0.15) is 42.0 Å². The first-order chi connectivity index (χ1) is 8.17. The van der Waals surface area contributed by atoms with Crippen LogP contribution in [0.25, 0.3) is 0 Å². The molecule has 0 heterocycles. The van der Waals surface area contributed by atoms with Gasteiger partial charge >= 0.3 is 0 Å². The summed E-state index contributed by atoms with van der Waals surface area (Å²) in [4.78, 5) is 0. The summed E-state index contributed by atoms with van der Waals surface area (Å²) in [6.07, 6.45) is 4.10. The standard InChI is InChI=1S/C15H23NO/c1-10-8-13(9-11(2)15(10)17-4)14(16-3)12-6-5-7-12/h8-9,12,14,16H,5-7H2,1-4H3. The number of aryl methyl sites for hydroxylation is 2. The molecule has 0 saturated heterocycles. The third kappa shape index (κ3) is 2.32. The van der Waals surface area contributed by atoms with Crippen molar-refractivity contribution in [3.63, 3.8) is 0 Å². The van der Waals surface area contributed by atoms with E-state index in [1.807, 2.05) is 0 Å². The number of hydrogen-bond donors (Lipinski definition) is 1. The van der Waals surface area contributed by atoms with E-state index >= 15 is 0 Å². The lowest BCUT2D eigenvalue weighted by atomic mass is 9.77. The maximum atomic E-state index is 5.42. The molecule has 1 fully saturated rings. The molecule has 0 bridgehead atoms. The van der Waals surface area contributed by atoms with E-state index in [1.54, 1.807) is 7.11 Å². The largest absolute Gasteiger partial charge is 0.496 e. The third-order valence-corrected chi connectivity index (χ3v) is 3.98. The Labute approximate surface area is 104 Å². The Hall–Kier alpha value is -1.02. The zero-order valence-electron chi connectivity index (χ0n) is 11.3. The molecule has 2 rings (SSSR count). The first-order valence-electron chi connectivity index (χ1n) is 6.49. The second-order valence-corrected chi connectivity index (χ2v) is 5.15. The summed E-state index contributed by atoms with van der Waals surface area (Å²) >= 11 is 0. The van der Waals surface area contributed by atoms with Gasteiger partial charge in [0.2, 0.25) is 0 Å². The predicted molar refractivity (Wildman–Crippen MR) is 71.6 cm³/mol. The summed E-state index contributed by atoms with van der Waals surface area (Å²) in [5.74, 6) is 1.84. The lowest BCUT2D eigenvalue weighted by Crippen LogP contribution is -2.29. The summed E-state index contributed by atoms with van der Waals surface area (Å²) < 4.78 is 5.42. The van der Waals surface area contributed by atoms with Crippen LogP contribution in [0.5, 0.6) is 5.75 Å². The molecule has 1 atom stereocenters. The fourth-order valence-electron chi connectivity index (χ4n) is 2.93. The average Bonchev–Trinajstić information content (AvgIpc) is 2.22. The molecule has 0 spiro atoms. The van der Waals surface area contributed by atoms with E-state index in [-0.39, 0.29) is 0 Å². The van der Waals surface area contributed by atoms with Crippen LogP contribution in [-0.4, -0.2) is 14.2 Å². The van der Waals surface area contributed by atoms with E-state index in [9.17, 15) is 0 Å². The summed E-state index contributed by atoms with van der Waals surface area (Å²) in [6.45, 7) is 4.26. The summed E-state index contributed by atoms with van der Waals surface area (Å²) in [7, 11) is 3.81. The molecular formula is C15H23NO. The SMILES string of the molecule is CNC(c1cc(C)c(OC)c(C)c1)C1CCC1. The van der Waals surface area contributed by atoms with Crippen molar-refractivity contribution in [3.8, 4) is 5.75 Å². The zero-order chi connectivity index (χ0) is 12.4. The van der Waals surface area contributed by atoms with Crippen LogP contribution in [0.15, 0.2) is 12.1 Å². The van der Waals surface area contributed by atoms with Gasteiger partial charge in [-0.3, -0.25) is 0 Å². The number of methoxy groups -OCH3 is 1. The molecule has 1 saturated carbocycles. The molecule has 0 amide bonds. The number of hydrogen-bond acceptors (Lipinski definition) is 2. The lowest BCUT2D eigenvalue weighted by molar-refractivity contribution is 0.239. The summed E-state index contributed by atoms with van der Waals surface area (Å²) in [6, 6.07) is 5.04. The van der Waals surface area contributed by atoms with Crippen molar-refractivity contribution in [2.45, 2.75) is 39.2 Å². The number of benzene rings is 1. The minimum atomic E-state index is 0.507. The highest BCUT2D eigenvalue weighted by molar-refractivity contribution is 5.44. The number of ether oxygens (including phenoxy) is 1. The van der Waals surface area contributed by atoms with Crippen molar-refractivity contribution in [1.29, 1.82) is 0 Å². The molecule has 2 heteroatoms. The number of rotatable bonds is 4. The first-order valence-corrected chi connectivity index (χ1v) is 6.49. The topological polar surface area (TPSA) is 21.3 Å². The Morgan fingerprint density at radius 2 is 1.82 bits per heavy atom. The average molecular weight is 233 g/mol. The Morgan fingerprint density at radius 3 is 2.18 bits per heavy atom. The van der Waals surface area contributed by atoms with Gasteiger partial charge in [0.15, 0.2) is 0 Å². The fraction of sp³-hybridized carbons (Fsp3) is 0.600. The molecule has 1 aromatic carbocycles. The molecule has 0 radical (unpaired) electrons. The van der Waals surface area contributed by atoms with Crippen LogP contribution >= 0.6 is 0 Å². The van der Waals surface area contributed by atoms with Gasteiger partial charge in [0.05, 0.1) is 7.11 Å². The monoisotopic (exact) mass is 233 g/mol. The minimum absolute atomic E-state index is 0.507. The third-order valence-electron chi connectivity index (χ3n) is 3.98. The molecule has 94 valence electrons. The maximum absolute atomic E-state index is 5.42. The predicted octanol–water partition coefficient (Wildman–Crippen LogP) is 3.37. The van der Waals surface area contributed by atoms with Crippen molar-refractivity contribution < 1.29 is 4.74 Å². The van der Waals surface area contributed by atoms with Crippen molar-refractivity contribution in [2.24, 2.45) is 5.92 Å². The molecule has 1 aliphatic rings. The molecule has 17 heavy (non-hydrogen) atoms. The number of nitrogens with one attached hydrogen (secondary N) is 1. The van der Waals surface area contributed by atoms with E-state index in [0.717, 1.165) is 11.7 Å². The van der Waals surface area contributed by atoms with Gasteiger partial charge in [-0.25, -0.2) is 0 Å². The second-order valence-electron chi connectivity index (χ2n) is 5.15. The molecule has 1 aromatic rings. The van der Waals surface area contributed by atoms with Gasteiger partial charge in [-0.05, 0) is 56.3 Å². The fourth-order valence-corrected chi connectivity index (χ4v) is 2.93. The minimum Gasteiger partial charge on any atom is -0.496 e. The van der Waals surface area contributed by atoms with Crippen molar-refractivity contribution in [3.05, 3.63) is 28.8 Å². The molecular weight excluding hydrogens is 210 g/mol. The van der Waals surface area contributed by atoms with Crippen LogP contribution in [-0.2, 0) is 0 Å². The Bertz CT molecular complexity index is 373. The molecule has 1 N–H and O–H groups in total. The van der Waals surface area contributed by atoms with Crippen LogP contribution in [0.4, 0.5) is 0 Å². The molecule has 0 aliphatic heterocycles. The normalized spacial score (nSPS) is 17.6. The Balaban J connectivity index is 2.31. The van der Waals surface area contributed by atoms with Gasteiger partial charge in [-0.2, -0.15) is 0 Å². The highest BCUT2D eigenvalue weighted by Crippen LogP contribution is 2.39. The van der Waals surface area contributed by atoms with Crippen molar-refractivity contribution in [2.75, 3.05) is 14.2 Å². The highest BCUT2D eigenvalue weighted by atomic mass is 16.5. The van der Waals surface area contributed by atoms with Crippen LogP contribution in [0, 0.1) is 19.8 Å². The molecule has 2 nitrogen and oxygen atoms in total. The van der Waals surface area contributed by atoms with Gasteiger partial charge in [-0.15, -0.1) is 0 Å². The first kappa shape index (κ1) is 12.4. The van der Waals surface area contributed by atoms with Gasteiger partial charge in [0.25, 0.3) is 0 Å². The second kappa shape index (κ2) is 5.09. The van der Waals surface area contributed by atoms with Crippen molar-refractivity contribution >= 4 is 0 Å². The van der Waals surface area contributed by atoms with Crippen LogP contribution < -0.4 is 10.1 Å². The summed E-state index contributed by atoms with van der Waals surface area (Å²) in [5, 5.41) is 3.47. The Morgan fingerprint density at radius 1 is 1.24 bits per heavy atom. The van der Waals surface area contributed by atoms with Crippen LogP contribution in [0.2, 0.25) is 0 Å². The van der Waals surface area contributed by atoms with Gasteiger partial charge in [-0.1, -0.05) is 18.6 Å². The van der Waals surface area contributed by atoms with E-state index in [1.165, 1.54) is 36.0 Å². The molecule has 1 aliphatic carbocycles. The van der Waals surface area contributed by atoms with Gasteiger partial charge in [0, 0.05) is 6.04 Å². The van der Waals surface area contributed by atoms with Gasteiger partial charge < -0.3 is 10.1 Å². The quantitative estimate of drug-likeness (QED) is 0.861.